The Labute approximate surface area is 123 Å². The summed E-state index contributed by atoms with van der Waals surface area (Å²) in [5.41, 5.74) is 0.726. The lowest BCUT2D eigenvalue weighted by molar-refractivity contribution is -0.137. The van der Waals surface area contributed by atoms with Gasteiger partial charge in [0.2, 0.25) is 11.8 Å². The molecule has 2 N–H and O–H groups in total. The van der Waals surface area contributed by atoms with Crippen molar-refractivity contribution >= 4 is 17.8 Å². The third-order valence-electron chi connectivity index (χ3n) is 3.73. The first-order valence-corrected chi connectivity index (χ1v) is 7.20. The summed E-state index contributed by atoms with van der Waals surface area (Å²) >= 11 is 0. The Morgan fingerprint density at radius 1 is 1.48 bits per heavy atom. The Hall–Kier alpha value is -1.89. The maximum Gasteiger partial charge on any atom is 0.303 e. The number of nitrogens with one attached hydrogen (secondary N) is 1. The number of nitrogens with zero attached hydrogens (tertiary/aromatic N) is 2. The number of anilines is 1. The van der Waals surface area contributed by atoms with Gasteiger partial charge >= 0.3 is 5.97 Å². The van der Waals surface area contributed by atoms with Crippen molar-refractivity contribution < 1.29 is 19.2 Å². The van der Waals surface area contributed by atoms with Crippen molar-refractivity contribution in [3.63, 3.8) is 0 Å². The Morgan fingerprint density at radius 3 is 2.76 bits per heavy atom. The van der Waals surface area contributed by atoms with Crippen molar-refractivity contribution in [2.24, 2.45) is 5.92 Å². The maximum atomic E-state index is 11.9. The smallest absolute Gasteiger partial charge is 0.303 e. The number of likely N-dealkylation sites (tertiary alicyclic amines) is 1. The third-order valence-corrected chi connectivity index (χ3v) is 3.73. The summed E-state index contributed by atoms with van der Waals surface area (Å²) < 4.78 is 4.94. The largest absolute Gasteiger partial charge is 0.481 e. The van der Waals surface area contributed by atoms with Crippen LogP contribution in [0.3, 0.4) is 0 Å². The number of rotatable bonds is 6. The molecule has 116 valence electrons. The molecule has 7 heteroatoms. The van der Waals surface area contributed by atoms with Gasteiger partial charge in [-0.1, -0.05) is 5.16 Å². The normalized spacial score (nSPS) is 16.8. The van der Waals surface area contributed by atoms with Crippen LogP contribution in [0, 0.1) is 12.8 Å². The van der Waals surface area contributed by atoms with Gasteiger partial charge < -0.3 is 9.63 Å². The van der Waals surface area contributed by atoms with Crippen molar-refractivity contribution in [1.29, 1.82) is 0 Å². The predicted molar refractivity (Wildman–Crippen MR) is 75.9 cm³/mol. The van der Waals surface area contributed by atoms with E-state index in [0.29, 0.717) is 18.3 Å². The van der Waals surface area contributed by atoms with E-state index in [4.69, 9.17) is 9.63 Å². The molecule has 0 aromatic carbocycles. The molecule has 1 aliphatic heterocycles. The number of aromatic nitrogens is 1. The summed E-state index contributed by atoms with van der Waals surface area (Å²) in [5.74, 6) is -0.0273. The van der Waals surface area contributed by atoms with E-state index < -0.39 is 5.97 Å². The predicted octanol–water partition coefficient (Wildman–Crippen LogP) is 1.50. The molecule has 2 rings (SSSR count). The van der Waals surface area contributed by atoms with Crippen LogP contribution in [0.25, 0.3) is 0 Å². The average Bonchev–Trinajstić information content (AvgIpc) is 2.83. The van der Waals surface area contributed by atoms with Gasteiger partial charge in [0.05, 0.1) is 12.2 Å². The first-order chi connectivity index (χ1) is 10.0. The lowest BCUT2D eigenvalue weighted by atomic mass is 9.92. The molecule has 1 amide bonds. The maximum absolute atomic E-state index is 11.9. The van der Waals surface area contributed by atoms with E-state index in [1.807, 2.05) is 0 Å². The second kappa shape index (κ2) is 7.21. The fourth-order valence-electron chi connectivity index (χ4n) is 2.56. The van der Waals surface area contributed by atoms with Crippen molar-refractivity contribution in [3.05, 3.63) is 11.8 Å². The third kappa shape index (κ3) is 5.18. The molecule has 1 aromatic heterocycles. The summed E-state index contributed by atoms with van der Waals surface area (Å²) in [6.45, 7) is 3.77. The topological polar surface area (TPSA) is 95.7 Å². The van der Waals surface area contributed by atoms with Crippen LogP contribution >= 0.6 is 0 Å². The minimum atomic E-state index is -0.737. The van der Waals surface area contributed by atoms with Crippen LogP contribution in [0.4, 0.5) is 5.88 Å². The van der Waals surface area contributed by atoms with E-state index in [9.17, 15) is 9.59 Å². The number of aliphatic carboxylic acids is 1. The molecule has 0 spiro atoms. The Balaban J connectivity index is 1.68. The van der Waals surface area contributed by atoms with Crippen LogP contribution < -0.4 is 5.32 Å². The van der Waals surface area contributed by atoms with E-state index >= 15 is 0 Å². The molecule has 0 radical (unpaired) electrons. The number of carbonyl (C=O) groups is 2. The molecule has 2 heterocycles. The quantitative estimate of drug-likeness (QED) is 0.825. The number of aryl methyl sites for hydroxylation is 1. The molecule has 0 bridgehead atoms. The second-order valence-electron chi connectivity index (χ2n) is 5.53. The van der Waals surface area contributed by atoms with Crippen molar-refractivity contribution in [1.82, 2.24) is 10.1 Å². The highest BCUT2D eigenvalue weighted by Gasteiger charge is 2.21. The highest BCUT2D eigenvalue weighted by molar-refractivity contribution is 5.90. The van der Waals surface area contributed by atoms with Gasteiger partial charge in [0, 0.05) is 12.5 Å². The molecule has 0 aliphatic carbocycles. The first-order valence-electron chi connectivity index (χ1n) is 7.20. The molecule has 0 saturated carbocycles. The van der Waals surface area contributed by atoms with Crippen molar-refractivity contribution in [3.8, 4) is 0 Å². The summed E-state index contributed by atoms with van der Waals surface area (Å²) in [6, 6.07) is 1.68. The number of carboxylic acids is 1. The molecular formula is C14H21N3O4. The van der Waals surface area contributed by atoms with Crippen molar-refractivity contribution in [2.75, 3.05) is 25.0 Å². The van der Waals surface area contributed by atoms with Gasteiger partial charge in [0.15, 0.2) is 0 Å². The highest BCUT2D eigenvalue weighted by Crippen LogP contribution is 2.21. The molecule has 21 heavy (non-hydrogen) atoms. The van der Waals surface area contributed by atoms with Crippen LogP contribution in [0.15, 0.2) is 10.6 Å². The van der Waals surface area contributed by atoms with Crippen LogP contribution in [0.1, 0.15) is 31.4 Å². The molecule has 0 unspecified atom stereocenters. The van der Waals surface area contributed by atoms with Crippen LogP contribution in [-0.4, -0.2) is 46.7 Å². The minimum absolute atomic E-state index is 0.116. The van der Waals surface area contributed by atoms with Crippen LogP contribution in [-0.2, 0) is 9.59 Å². The van der Waals surface area contributed by atoms with E-state index in [2.05, 4.69) is 15.4 Å². The van der Waals surface area contributed by atoms with Crippen LogP contribution in [0.2, 0.25) is 0 Å². The fraction of sp³-hybridized carbons (Fsp3) is 0.643. The standard InChI is InChI=1S/C14H21N3O4/c1-10-8-13(21-16-10)15-12(18)9-17-6-4-11(5-7-17)2-3-14(19)20/h8,11H,2-7,9H2,1H3,(H,15,18)(H,19,20). The van der Waals surface area contributed by atoms with Gasteiger partial charge in [-0.3, -0.25) is 19.8 Å². The van der Waals surface area contributed by atoms with E-state index in [1.54, 1.807) is 13.0 Å². The summed E-state index contributed by atoms with van der Waals surface area (Å²) in [4.78, 5) is 24.5. The molecule has 1 aliphatic rings. The van der Waals surface area contributed by atoms with Gasteiger partial charge in [-0.25, -0.2) is 0 Å². The Kier molecular flexibility index (Phi) is 5.32. The molecule has 0 atom stereocenters. The average molecular weight is 295 g/mol. The molecule has 1 aromatic rings. The molecular weight excluding hydrogens is 274 g/mol. The Morgan fingerprint density at radius 2 is 2.19 bits per heavy atom. The van der Waals surface area contributed by atoms with E-state index in [1.165, 1.54) is 0 Å². The zero-order valence-corrected chi connectivity index (χ0v) is 12.2. The van der Waals surface area contributed by atoms with Crippen molar-refractivity contribution in [2.45, 2.75) is 32.6 Å². The van der Waals surface area contributed by atoms with E-state index in [-0.39, 0.29) is 12.3 Å². The Bertz CT molecular complexity index is 492. The first kappa shape index (κ1) is 15.5. The fourth-order valence-corrected chi connectivity index (χ4v) is 2.56. The van der Waals surface area contributed by atoms with Gasteiger partial charge in [-0.05, 0) is 45.2 Å². The number of amides is 1. The summed E-state index contributed by atoms with van der Waals surface area (Å²) in [7, 11) is 0. The van der Waals surface area contributed by atoms with Crippen LogP contribution in [0.5, 0.6) is 0 Å². The van der Waals surface area contributed by atoms with E-state index in [0.717, 1.165) is 38.0 Å². The summed E-state index contributed by atoms with van der Waals surface area (Å²) in [6.07, 6.45) is 2.85. The number of hydrogen-bond acceptors (Lipinski definition) is 5. The lowest BCUT2D eigenvalue weighted by Crippen LogP contribution is -2.39. The highest BCUT2D eigenvalue weighted by atomic mass is 16.5. The second-order valence-corrected chi connectivity index (χ2v) is 5.53. The number of hydrogen-bond donors (Lipinski definition) is 2. The minimum Gasteiger partial charge on any atom is -0.481 e. The van der Waals surface area contributed by atoms with Gasteiger partial charge in [0.1, 0.15) is 0 Å². The lowest BCUT2D eigenvalue weighted by Gasteiger charge is -2.31. The van der Waals surface area contributed by atoms with Gasteiger partial charge in [-0.2, -0.15) is 0 Å². The molecule has 7 nitrogen and oxygen atoms in total. The van der Waals surface area contributed by atoms with Gasteiger partial charge in [0.25, 0.3) is 0 Å². The van der Waals surface area contributed by atoms with Gasteiger partial charge in [-0.15, -0.1) is 0 Å². The SMILES string of the molecule is Cc1cc(NC(=O)CN2CCC(CCC(=O)O)CC2)on1. The zero-order valence-electron chi connectivity index (χ0n) is 12.2. The number of carbonyl (C=O) groups excluding carboxylic acids is 1. The summed E-state index contributed by atoms with van der Waals surface area (Å²) in [5, 5.41) is 15.1. The zero-order chi connectivity index (χ0) is 15.2. The molecule has 1 saturated heterocycles. The monoisotopic (exact) mass is 295 g/mol. The number of carboxylic acid groups (broad SMARTS) is 1. The molecule has 1 fully saturated rings. The number of piperidine rings is 1.